The molecule has 21 heavy (non-hydrogen) atoms. The molecule has 0 aliphatic rings. The van der Waals surface area contributed by atoms with Crippen molar-refractivity contribution in [2.75, 3.05) is 12.4 Å². The maximum absolute atomic E-state index is 6.13. The standard InChI is InChI=1S/C18H22ClNO/c1-13-11-17(18(21-3)12-16(13)19)20-14(2)9-10-15-7-5-4-6-8-15/h4-8,11-12,14,20H,9-10H2,1-3H3. The molecule has 2 rings (SSSR count). The van der Waals surface area contributed by atoms with E-state index in [1.165, 1.54) is 5.56 Å². The van der Waals surface area contributed by atoms with E-state index in [2.05, 4.69) is 36.5 Å². The van der Waals surface area contributed by atoms with E-state index in [4.69, 9.17) is 16.3 Å². The minimum atomic E-state index is 0.361. The van der Waals surface area contributed by atoms with Gasteiger partial charge in [0.15, 0.2) is 0 Å². The second kappa shape index (κ2) is 7.37. The highest BCUT2D eigenvalue weighted by Crippen LogP contribution is 2.31. The van der Waals surface area contributed by atoms with Crippen LogP contribution in [0.4, 0.5) is 5.69 Å². The molecule has 0 aliphatic carbocycles. The summed E-state index contributed by atoms with van der Waals surface area (Å²) in [5, 5.41) is 4.25. The lowest BCUT2D eigenvalue weighted by Crippen LogP contribution is -2.16. The van der Waals surface area contributed by atoms with Crippen LogP contribution in [0.5, 0.6) is 5.75 Å². The highest BCUT2D eigenvalue weighted by Gasteiger charge is 2.10. The van der Waals surface area contributed by atoms with Crippen LogP contribution in [0.2, 0.25) is 5.02 Å². The Bertz CT molecular complexity index is 583. The fraction of sp³-hybridized carbons (Fsp3) is 0.333. The SMILES string of the molecule is COc1cc(Cl)c(C)cc1NC(C)CCc1ccccc1. The van der Waals surface area contributed by atoms with Crippen LogP contribution in [-0.4, -0.2) is 13.2 Å². The van der Waals surface area contributed by atoms with E-state index < -0.39 is 0 Å². The molecular formula is C18H22ClNO. The van der Waals surface area contributed by atoms with E-state index in [0.29, 0.717) is 6.04 Å². The normalized spacial score (nSPS) is 12.0. The van der Waals surface area contributed by atoms with Crippen molar-refractivity contribution < 1.29 is 4.74 Å². The van der Waals surface area contributed by atoms with Crippen LogP contribution >= 0.6 is 11.6 Å². The van der Waals surface area contributed by atoms with Gasteiger partial charge in [-0.2, -0.15) is 0 Å². The number of halogens is 1. The van der Waals surface area contributed by atoms with Gasteiger partial charge in [0.25, 0.3) is 0 Å². The van der Waals surface area contributed by atoms with Crippen molar-refractivity contribution in [1.82, 2.24) is 0 Å². The fourth-order valence-electron chi connectivity index (χ4n) is 2.31. The first kappa shape index (κ1) is 15.7. The number of hydrogen-bond donors (Lipinski definition) is 1. The molecule has 0 saturated carbocycles. The smallest absolute Gasteiger partial charge is 0.143 e. The summed E-state index contributed by atoms with van der Waals surface area (Å²) in [6.45, 7) is 4.19. The average molecular weight is 304 g/mol. The van der Waals surface area contributed by atoms with Crippen molar-refractivity contribution >= 4 is 17.3 Å². The molecule has 1 unspecified atom stereocenters. The first-order valence-electron chi connectivity index (χ1n) is 7.24. The zero-order chi connectivity index (χ0) is 15.2. The monoisotopic (exact) mass is 303 g/mol. The van der Waals surface area contributed by atoms with Crippen molar-refractivity contribution in [1.29, 1.82) is 0 Å². The Morgan fingerprint density at radius 3 is 2.57 bits per heavy atom. The van der Waals surface area contributed by atoms with Crippen molar-refractivity contribution in [3.8, 4) is 5.75 Å². The van der Waals surface area contributed by atoms with Crippen LogP contribution in [0.15, 0.2) is 42.5 Å². The number of nitrogens with one attached hydrogen (secondary N) is 1. The lowest BCUT2D eigenvalue weighted by atomic mass is 10.1. The summed E-state index contributed by atoms with van der Waals surface area (Å²) in [7, 11) is 1.67. The summed E-state index contributed by atoms with van der Waals surface area (Å²) < 4.78 is 5.40. The second-order valence-corrected chi connectivity index (χ2v) is 5.78. The van der Waals surface area contributed by atoms with Gasteiger partial charge in [-0.3, -0.25) is 0 Å². The van der Waals surface area contributed by atoms with Crippen LogP contribution in [0.25, 0.3) is 0 Å². The third-order valence-corrected chi connectivity index (χ3v) is 4.00. The molecule has 0 saturated heterocycles. The molecule has 0 spiro atoms. The fourth-order valence-corrected chi connectivity index (χ4v) is 2.46. The summed E-state index contributed by atoms with van der Waals surface area (Å²) in [4.78, 5) is 0. The van der Waals surface area contributed by atoms with Crippen molar-refractivity contribution in [2.24, 2.45) is 0 Å². The number of benzene rings is 2. The van der Waals surface area contributed by atoms with Gasteiger partial charge in [-0.05, 0) is 43.9 Å². The first-order chi connectivity index (χ1) is 10.1. The second-order valence-electron chi connectivity index (χ2n) is 5.37. The molecular weight excluding hydrogens is 282 g/mol. The Balaban J connectivity index is 1.99. The Kier molecular flexibility index (Phi) is 5.51. The van der Waals surface area contributed by atoms with Gasteiger partial charge in [0.1, 0.15) is 5.75 Å². The van der Waals surface area contributed by atoms with Crippen LogP contribution in [0, 0.1) is 6.92 Å². The molecule has 0 radical (unpaired) electrons. The molecule has 1 atom stereocenters. The predicted octanol–water partition coefficient (Wildman–Crippen LogP) is 5.09. The first-order valence-corrected chi connectivity index (χ1v) is 7.62. The summed E-state index contributed by atoms with van der Waals surface area (Å²) >= 11 is 6.13. The molecule has 1 N–H and O–H groups in total. The zero-order valence-electron chi connectivity index (χ0n) is 12.8. The topological polar surface area (TPSA) is 21.3 Å². The van der Waals surface area contributed by atoms with Crippen molar-refractivity contribution in [3.05, 3.63) is 58.6 Å². The van der Waals surface area contributed by atoms with E-state index in [9.17, 15) is 0 Å². The van der Waals surface area contributed by atoms with Gasteiger partial charge in [0.05, 0.1) is 12.8 Å². The van der Waals surface area contributed by atoms with Gasteiger partial charge in [-0.25, -0.2) is 0 Å². The lowest BCUT2D eigenvalue weighted by Gasteiger charge is -2.18. The van der Waals surface area contributed by atoms with E-state index >= 15 is 0 Å². The Labute approximate surface area is 132 Å². The number of hydrogen-bond acceptors (Lipinski definition) is 2. The van der Waals surface area contributed by atoms with Gasteiger partial charge in [-0.15, -0.1) is 0 Å². The van der Waals surface area contributed by atoms with Crippen LogP contribution in [0.3, 0.4) is 0 Å². The van der Waals surface area contributed by atoms with Crippen LogP contribution in [0.1, 0.15) is 24.5 Å². The summed E-state index contributed by atoms with van der Waals surface area (Å²) in [5.41, 5.74) is 3.42. The molecule has 0 fully saturated rings. The number of ether oxygens (including phenoxy) is 1. The van der Waals surface area contributed by atoms with Gasteiger partial charge in [-0.1, -0.05) is 41.9 Å². The molecule has 2 aromatic rings. The van der Waals surface area contributed by atoms with Gasteiger partial charge >= 0.3 is 0 Å². The Morgan fingerprint density at radius 1 is 1.19 bits per heavy atom. The molecule has 0 heterocycles. The Hall–Kier alpha value is -1.67. The zero-order valence-corrected chi connectivity index (χ0v) is 13.6. The average Bonchev–Trinajstić information content (AvgIpc) is 2.49. The molecule has 2 nitrogen and oxygen atoms in total. The van der Waals surface area contributed by atoms with Crippen molar-refractivity contribution in [2.45, 2.75) is 32.7 Å². The molecule has 112 valence electrons. The molecule has 0 aliphatic heterocycles. The lowest BCUT2D eigenvalue weighted by molar-refractivity contribution is 0.416. The molecule has 0 bridgehead atoms. The number of anilines is 1. The largest absolute Gasteiger partial charge is 0.495 e. The van der Waals surface area contributed by atoms with Gasteiger partial charge in [0, 0.05) is 17.1 Å². The summed E-state index contributed by atoms with van der Waals surface area (Å²) in [6, 6.07) is 14.8. The van der Waals surface area contributed by atoms with E-state index in [1.54, 1.807) is 7.11 Å². The maximum Gasteiger partial charge on any atom is 0.143 e. The minimum Gasteiger partial charge on any atom is -0.495 e. The third-order valence-electron chi connectivity index (χ3n) is 3.59. The number of aryl methyl sites for hydroxylation is 2. The highest BCUT2D eigenvalue weighted by atomic mass is 35.5. The number of rotatable bonds is 6. The summed E-state index contributed by atoms with van der Waals surface area (Å²) in [5.74, 6) is 0.789. The maximum atomic E-state index is 6.13. The van der Waals surface area contributed by atoms with Gasteiger partial charge in [0.2, 0.25) is 0 Å². The van der Waals surface area contributed by atoms with Crippen molar-refractivity contribution in [3.63, 3.8) is 0 Å². The van der Waals surface area contributed by atoms with E-state index in [-0.39, 0.29) is 0 Å². The molecule has 3 heteroatoms. The number of methoxy groups -OCH3 is 1. The van der Waals surface area contributed by atoms with E-state index in [1.807, 2.05) is 25.1 Å². The van der Waals surface area contributed by atoms with Crippen LogP contribution < -0.4 is 10.1 Å². The predicted molar refractivity (Wildman–Crippen MR) is 90.6 cm³/mol. The molecule has 0 aromatic heterocycles. The molecule has 0 amide bonds. The van der Waals surface area contributed by atoms with Gasteiger partial charge < -0.3 is 10.1 Å². The Morgan fingerprint density at radius 2 is 1.90 bits per heavy atom. The quantitative estimate of drug-likeness (QED) is 0.802. The highest BCUT2D eigenvalue weighted by molar-refractivity contribution is 6.31. The minimum absolute atomic E-state index is 0.361. The summed E-state index contributed by atoms with van der Waals surface area (Å²) in [6.07, 6.45) is 2.12. The molecule has 2 aromatic carbocycles. The third kappa shape index (κ3) is 4.40. The van der Waals surface area contributed by atoms with Crippen LogP contribution in [-0.2, 0) is 6.42 Å². The van der Waals surface area contributed by atoms with E-state index in [0.717, 1.165) is 34.9 Å².